The van der Waals surface area contributed by atoms with Crippen LogP contribution in [0.25, 0.3) is 0 Å². The normalized spacial score (nSPS) is 17.8. The number of nitrogens with zero attached hydrogens (tertiary/aromatic N) is 1. The van der Waals surface area contributed by atoms with E-state index in [-0.39, 0.29) is 10.5 Å². The summed E-state index contributed by atoms with van der Waals surface area (Å²) < 4.78 is 32.4. The first-order valence-corrected chi connectivity index (χ1v) is 7.68. The molecule has 0 radical (unpaired) electrons. The molecule has 0 amide bonds. The van der Waals surface area contributed by atoms with Gasteiger partial charge in [0.15, 0.2) is 0 Å². The van der Waals surface area contributed by atoms with Gasteiger partial charge in [-0.2, -0.15) is 0 Å². The summed E-state index contributed by atoms with van der Waals surface area (Å²) in [7, 11) is -0.203. The number of pyridine rings is 1. The minimum atomic E-state index is -3.52. The second-order valence-corrected chi connectivity index (χ2v) is 6.46. The Kier molecular flexibility index (Phi) is 4.07. The molecule has 1 aromatic rings. The summed E-state index contributed by atoms with van der Waals surface area (Å²) in [5.74, 6) is 0.521. The van der Waals surface area contributed by atoms with Crippen LogP contribution in [0.1, 0.15) is 19.3 Å². The van der Waals surface area contributed by atoms with E-state index in [1.165, 1.54) is 18.3 Å². The Hall–Kier alpha value is -1.18. The van der Waals surface area contributed by atoms with E-state index in [4.69, 9.17) is 4.74 Å². The molecule has 0 saturated heterocycles. The summed E-state index contributed by atoms with van der Waals surface area (Å²) in [6, 6.07) is 2.98. The molecular formula is C12H19N3O3S. The molecule has 0 aromatic carbocycles. The van der Waals surface area contributed by atoms with Crippen LogP contribution in [0.2, 0.25) is 0 Å². The maximum atomic E-state index is 12.2. The van der Waals surface area contributed by atoms with Gasteiger partial charge < -0.3 is 10.1 Å². The van der Waals surface area contributed by atoms with Crippen LogP contribution in [0.4, 0.5) is 5.82 Å². The SMILES string of the molecule is CNc1cc(S(=O)(=O)NCC2(OC)CCC2)ccn1. The number of rotatable bonds is 6. The van der Waals surface area contributed by atoms with E-state index in [1.54, 1.807) is 14.2 Å². The van der Waals surface area contributed by atoms with E-state index < -0.39 is 10.0 Å². The number of aromatic nitrogens is 1. The molecule has 0 aliphatic heterocycles. The predicted octanol–water partition coefficient (Wildman–Crippen LogP) is 0.971. The molecule has 2 rings (SSSR count). The molecule has 7 heteroatoms. The second kappa shape index (κ2) is 5.44. The van der Waals surface area contributed by atoms with Gasteiger partial charge in [-0.25, -0.2) is 18.1 Å². The van der Waals surface area contributed by atoms with Gasteiger partial charge in [0.05, 0.1) is 10.5 Å². The minimum absolute atomic E-state index is 0.206. The summed E-state index contributed by atoms with van der Waals surface area (Å²) in [5.41, 5.74) is -0.327. The van der Waals surface area contributed by atoms with E-state index in [0.29, 0.717) is 12.4 Å². The zero-order chi connectivity index (χ0) is 13.9. The minimum Gasteiger partial charge on any atom is -0.377 e. The third-order valence-corrected chi connectivity index (χ3v) is 4.98. The standard InChI is InChI=1S/C12H19N3O3S/c1-13-11-8-10(4-7-14-11)19(16,17)15-9-12(18-2)5-3-6-12/h4,7-8,15H,3,5-6,9H2,1-2H3,(H,13,14). The molecule has 19 heavy (non-hydrogen) atoms. The van der Waals surface area contributed by atoms with Crippen LogP contribution >= 0.6 is 0 Å². The van der Waals surface area contributed by atoms with Crippen LogP contribution in [-0.4, -0.2) is 39.7 Å². The number of hydrogen-bond donors (Lipinski definition) is 2. The van der Waals surface area contributed by atoms with E-state index in [2.05, 4.69) is 15.0 Å². The molecule has 1 saturated carbocycles. The first kappa shape index (κ1) is 14.2. The van der Waals surface area contributed by atoms with Crippen LogP contribution in [0.3, 0.4) is 0 Å². The van der Waals surface area contributed by atoms with Crippen LogP contribution < -0.4 is 10.0 Å². The van der Waals surface area contributed by atoms with Crippen molar-refractivity contribution in [1.29, 1.82) is 0 Å². The van der Waals surface area contributed by atoms with E-state index in [0.717, 1.165) is 19.3 Å². The highest BCUT2D eigenvalue weighted by Gasteiger charge is 2.38. The van der Waals surface area contributed by atoms with E-state index in [1.807, 2.05) is 0 Å². The molecule has 6 nitrogen and oxygen atoms in total. The molecule has 1 aromatic heterocycles. The number of sulfonamides is 1. The van der Waals surface area contributed by atoms with Crippen molar-refractivity contribution < 1.29 is 13.2 Å². The summed E-state index contributed by atoms with van der Waals surface area (Å²) in [6.07, 6.45) is 4.33. The average molecular weight is 285 g/mol. The van der Waals surface area contributed by atoms with Crippen LogP contribution in [-0.2, 0) is 14.8 Å². The Morgan fingerprint density at radius 1 is 1.47 bits per heavy atom. The Bertz CT molecular complexity index is 535. The van der Waals surface area contributed by atoms with Crippen molar-refractivity contribution in [2.45, 2.75) is 29.8 Å². The van der Waals surface area contributed by atoms with Crippen LogP contribution in [0.15, 0.2) is 23.2 Å². The smallest absolute Gasteiger partial charge is 0.240 e. The summed E-state index contributed by atoms with van der Waals surface area (Å²) in [6.45, 7) is 0.309. The molecule has 1 aliphatic rings. The lowest BCUT2D eigenvalue weighted by molar-refractivity contribution is -0.0659. The number of hydrogen-bond acceptors (Lipinski definition) is 5. The van der Waals surface area contributed by atoms with Crippen molar-refractivity contribution in [3.05, 3.63) is 18.3 Å². The molecule has 106 valence electrons. The van der Waals surface area contributed by atoms with Gasteiger partial charge in [0, 0.05) is 33.0 Å². The molecule has 1 aliphatic carbocycles. The molecule has 0 spiro atoms. The largest absolute Gasteiger partial charge is 0.377 e. The average Bonchev–Trinajstić information content (AvgIpc) is 2.38. The first-order valence-electron chi connectivity index (χ1n) is 6.20. The zero-order valence-electron chi connectivity index (χ0n) is 11.1. The van der Waals surface area contributed by atoms with E-state index >= 15 is 0 Å². The summed E-state index contributed by atoms with van der Waals surface area (Å²) in [5, 5.41) is 2.82. The Morgan fingerprint density at radius 2 is 2.21 bits per heavy atom. The van der Waals surface area contributed by atoms with Crippen molar-refractivity contribution in [1.82, 2.24) is 9.71 Å². The fourth-order valence-electron chi connectivity index (χ4n) is 2.05. The van der Waals surface area contributed by atoms with Crippen molar-refractivity contribution in [3.8, 4) is 0 Å². The van der Waals surface area contributed by atoms with Crippen LogP contribution in [0, 0.1) is 0 Å². The lowest BCUT2D eigenvalue weighted by Crippen LogP contribution is -2.49. The maximum absolute atomic E-state index is 12.2. The van der Waals surface area contributed by atoms with Gasteiger partial charge in [-0.05, 0) is 25.3 Å². The van der Waals surface area contributed by atoms with Crippen molar-refractivity contribution in [3.63, 3.8) is 0 Å². The highest BCUT2D eigenvalue weighted by molar-refractivity contribution is 7.89. The third-order valence-electron chi connectivity index (χ3n) is 3.58. The fourth-order valence-corrected chi connectivity index (χ4v) is 3.18. The summed E-state index contributed by atoms with van der Waals surface area (Å²) >= 11 is 0. The quantitative estimate of drug-likeness (QED) is 0.814. The number of methoxy groups -OCH3 is 1. The van der Waals surface area contributed by atoms with Crippen molar-refractivity contribution >= 4 is 15.8 Å². The first-order chi connectivity index (χ1) is 9.01. The fraction of sp³-hybridized carbons (Fsp3) is 0.583. The molecule has 1 fully saturated rings. The molecule has 0 unspecified atom stereocenters. The maximum Gasteiger partial charge on any atom is 0.240 e. The zero-order valence-corrected chi connectivity index (χ0v) is 12.0. The van der Waals surface area contributed by atoms with Gasteiger partial charge in [-0.1, -0.05) is 0 Å². The monoisotopic (exact) mass is 285 g/mol. The topological polar surface area (TPSA) is 80.3 Å². The van der Waals surface area contributed by atoms with Crippen LogP contribution in [0.5, 0.6) is 0 Å². The third kappa shape index (κ3) is 3.05. The molecule has 1 heterocycles. The van der Waals surface area contributed by atoms with Gasteiger partial charge in [-0.15, -0.1) is 0 Å². The van der Waals surface area contributed by atoms with Gasteiger partial charge in [0.2, 0.25) is 10.0 Å². The lowest BCUT2D eigenvalue weighted by atomic mass is 9.80. The van der Waals surface area contributed by atoms with Gasteiger partial charge in [0.1, 0.15) is 5.82 Å². The molecule has 0 bridgehead atoms. The summed E-state index contributed by atoms with van der Waals surface area (Å²) in [4.78, 5) is 4.20. The van der Waals surface area contributed by atoms with Gasteiger partial charge >= 0.3 is 0 Å². The number of anilines is 1. The van der Waals surface area contributed by atoms with Gasteiger partial charge in [-0.3, -0.25) is 0 Å². The highest BCUT2D eigenvalue weighted by Crippen LogP contribution is 2.34. The number of ether oxygens (including phenoxy) is 1. The second-order valence-electron chi connectivity index (χ2n) is 4.69. The lowest BCUT2D eigenvalue weighted by Gasteiger charge is -2.40. The predicted molar refractivity (Wildman–Crippen MR) is 72.6 cm³/mol. The Balaban J connectivity index is 2.09. The molecule has 2 N–H and O–H groups in total. The van der Waals surface area contributed by atoms with E-state index in [9.17, 15) is 8.42 Å². The Labute approximate surface area is 113 Å². The van der Waals surface area contributed by atoms with Crippen molar-refractivity contribution in [2.75, 3.05) is 26.0 Å². The number of nitrogens with one attached hydrogen (secondary N) is 2. The molecule has 0 atom stereocenters. The van der Waals surface area contributed by atoms with Gasteiger partial charge in [0.25, 0.3) is 0 Å². The van der Waals surface area contributed by atoms with Crippen molar-refractivity contribution in [2.24, 2.45) is 0 Å². The Morgan fingerprint density at radius 3 is 2.74 bits per heavy atom. The molecular weight excluding hydrogens is 266 g/mol. The highest BCUT2D eigenvalue weighted by atomic mass is 32.2.